The van der Waals surface area contributed by atoms with E-state index in [-0.39, 0.29) is 5.82 Å². The lowest BCUT2D eigenvalue weighted by atomic mass is 9.96. The highest BCUT2D eigenvalue weighted by Gasteiger charge is 2.24. The van der Waals surface area contributed by atoms with Crippen molar-refractivity contribution in [2.45, 2.75) is 19.3 Å². The van der Waals surface area contributed by atoms with Gasteiger partial charge in [-0.1, -0.05) is 54.1 Å². The van der Waals surface area contributed by atoms with Crippen molar-refractivity contribution < 1.29 is 4.39 Å². The Bertz CT molecular complexity index is 1130. The van der Waals surface area contributed by atoms with Crippen LogP contribution in [0.2, 0.25) is 5.02 Å². The van der Waals surface area contributed by atoms with Gasteiger partial charge in [-0.15, -0.1) is 0 Å². The fourth-order valence-electron chi connectivity index (χ4n) is 4.03. The van der Waals surface area contributed by atoms with Gasteiger partial charge in [-0.2, -0.15) is 0 Å². The number of rotatable bonds is 1. The Morgan fingerprint density at radius 1 is 0.840 bits per heavy atom. The monoisotopic (exact) mass is 347 g/mol. The van der Waals surface area contributed by atoms with Crippen LogP contribution in [-0.2, 0) is 12.8 Å². The molecule has 0 saturated carbocycles. The molecule has 0 aliphatic heterocycles. The topological polar surface area (TPSA) is 12.9 Å². The maximum atomic E-state index is 14.6. The van der Waals surface area contributed by atoms with Gasteiger partial charge in [-0.3, -0.25) is 0 Å². The van der Waals surface area contributed by atoms with Gasteiger partial charge in [-0.05, 0) is 47.9 Å². The van der Waals surface area contributed by atoms with Crippen LogP contribution in [0.15, 0.2) is 54.6 Å². The Morgan fingerprint density at radius 2 is 1.68 bits per heavy atom. The molecule has 1 aliphatic carbocycles. The summed E-state index contributed by atoms with van der Waals surface area (Å²) in [6.07, 6.45) is 3.00. The summed E-state index contributed by atoms with van der Waals surface area (Å²) in [5.41, 5.74) is 4.52. The maximum Gasteiger partial charge on any atom is 0.134 e. The van der Waals surface area contributed by atoms with Gasteiger partial charge < -0.3 is 0 Å². The second-order valence-corrected chi connectivity index (χ2v) is 6.96. The van der Waals surface area contributed by atoms with E-state index < -0.39 is 0 Å². The molecule has 3 aromatic carbocycles. The Morgan fingerprint density at radius 3 is 2.56 bits per heavy atom. The van der Waals surface area contributed by atoms with Crippen LogP contribution in [0.25, 0.3) is 32.9 Å². The van der Waals surface area contributed by atoms with E-state index in [2.05, 4.69) is 24.3 Å². The summed E-state index contributed by atoms with van der Waals surface area (Å²) in [7, 11) is 0. The number of hydrogen-bond acceptors (Lipinski definition) is 1. The fraction of sp³-hybridized carbons (Fsp3) is 0.136. The van der Waals surface area contributed by atoms with E-state index in [1.165, 1.54) is 17.0 Å². The Labute approximate surface area is 150 Å². The summed E-state index contributed by atoms with van der Waals surface area (Å²) in [5, 5.41) is 3.85. The molecule has 1 aliphatic rings. The molecule has 0 amide bonds. The first-order valence-corrected chi connectivity index (χ1v) is 8.89. The molecule has 0 saturated heterocycles. The smallest absolute Gasteiger partial charge is 0.134 e. The zero-order chi connectivity index (χ0) is 17.0. The third-order valence-corrected chi connectivity index (χ3v) is 5.47. The first-order valence-electron chi connectivity index (χ1n) is 8.51. The van der Waals surface area contributed by atoms with E-state index in [0.29, 0.717) is 16.3 Å². The molecule has 0 bridgehead atoms. The van der Waals surface area contributed by atoms with Crippen LogP contribution < -0.4 is 0 Å². The fourth-order valence-corrected chi connectivity index (χ4v) is 4.28. The first-order chi connectivity index (χ1) is 12.2. The predicted octanol–water partition coefficient (Wildman–Crippen LogP) is 6.34. The molecular formula is C22H15ClFN. The lowest BCUT2D eigenvalue weighted by molar-refractivity contribution is 0.630. The Hall–Kier alpha value is -2.45. The number of hydrogen-bond donors (Lipinski definition) is 0. The average molecular weight is 348 g/mol. The van der Waals surface area contributed by atoms with Crippen molar-refractivity contribution in [3.63, 3.8) is 0 Å². The minimum Gasteiger partial charge on any atom is -0.247 e. The van der Waals surface area contributed by atoms with Crippen molar-refractivity contribution in [3.8, 4) is 11.3 Å². The molecule has 0 radical (unpaired) electrons. The van der Waals surface area contributed by atoms with Crippen molar-refractivity contribution in [2.75, 3.05) is 0 Å². The van der Waals surface area contributed by atoms with Crippen molar-refractivity contribution >= 4 is 33.3 Å². The summed E-state index contributed by atoms with van der Waals surface area (Å²) in [5.74, 6) is -0.311. The van der Waals surface area contributed by atoms with Gasteiger partial charge in [-0.25, -0.2) is 9.37 Å². The summed E-state index contributed by atoms with van der Waals surface area (Å²) >= 11 is 6.36. The maximum absolute atomic E-state index is 14.6. The van der Waals surface area contributed by atoms with Crippen LogP contribution in [0, 0.1) is 5.82 Å². The van der Waals surface area contributed by atoms with E-state index in [1.807, 2.05) is 12.1 Å². The van der Waals surface area contributed by atoms with Gasteiger partial charge in [0.05, 0.1) is 21.8 Å². The molecule has 0 unspecified atom stereocenters. The molecule has 122 valence electrons. The Balaban J connectivity index is 1.96. The molecule has 25 heavy (non-hydrogen) atoms. The third-order valence-electron chi connectivity index (χ3n) is 5.15. The largest absolute Gasteiger partial charge is 0.247 e. The average Bonchev–Trinajstić information content (AvgIpc) is 3.11. The van der Waals surface area contributed by atoms with Crippen LogP contribution in [0.3, 0.4) is 0 Å². The lowest BCUT2D eigenvalue weighted by Crippen LogP contribution is -1.98. The molecule has 5 rings (SSSR count). The summed E-state index contributed by atoms with van der Waals surface area (Å²) < 4.78 is 14.6. The van der Waals surface area contributed by atoms with Crippen LogP contribution >= 0.6 is 11.6 Å². The van der Waals surface area contributed by atoms with Gasteiger partial charge in [0.2, 0.25) is 0 Å². The summed E-state index contributed by atoms with van der Waals surface area (Å²) in [6, 6.07) is 17.3. The highest BCUT2D eigenvalue weighted by Crippen LogP contribution is 2.40. The normalized spacial score (nSPS) is 13.5. The highest BCUT2D eigenvalue weighted by molar-refractivity contribution is 6.33. The van der Waals surface area contributed by atoms with Crippen LogP contribution in [0.5, 0.6) is 0 Å². The number of aromatic nitrogens is 1. The minimum absolute atomic E-state index is 0.311. The second-order valence-electron chi connectivity index (χ2n) is 6.55. The van der Waals surface area contributed by atoms with Crippen LogP contribution in [-0.4, -0.2) is 4.98 Å². The zero-order valence-corrected chi connectivity index (χ0v) is 14.3. The number of pyridine rings is 1. The van der Waals surface area contributed by atoms with E-state index in [0.717, 1.165) is 41.1 Å². The number of halogens is 2. The van der Waals surface area contributed by atoms with Gasteiger partial charge in [0.15, 0.2) is 0 Å². The summed E-state index contributed by atoms with van der Waals surface area (Å²) in [6.45, 7) is 0. The molecule has 0 spiro atoms. The van der Waals surface area contributed by atoms with Crippen LogP contribution in [0.1, 0.15) is 17.5 Å². The molecular weight excluding hydrogens is 333 g/mol. The van der Waals surface area contributed by atoms with Crippen LogP contribution in [0.4, 0.5) is 4.39 Å². The van der Waals surface area contributed by atoms with Gasteiger partial charge in [0.25, 0.3) is 0 Å². The van der Waals surface area contributed by atoms with E-state index in [4.69, 9.17) is 16.6 Å². The van der Waals surface area contributed by atoms with Gasteiger partial charge in [0.1, 0.15) is 5.82 Å². The zero-order valence-electron chi connectivity index (χ0n) is 13.5. The second kappa shape index (κ2) is 5.53. The van der Waals surface area contributed by atoms with Gasteiger partial charge in [0, 0.05) is 10.8 Å². The molecule has 1 aromatic heterocycles. The molecule has 1 nitrogen and oxygen atoms in total. The molecule has 4 aromatic rings. The minimum atomic E-state index is -0.311. The quantitative estimate of drug-likeness (QED) is 0.366. The van der Waals surface area contributed by atoms with Crippen molar-refractivity contribution in [2.24, 2.45) is 0 Å². The predicted molar refractivity (Wildman–Crippen MR) is 102 cm³/mol. The number of aryl methyl sites for hydroxylation is 1. The number of nitrogens with zero attached hydrogens (tertiary/aromatic N) is 1. The van der Waals surface area contributed by atoms with E-state index in [9.17, 15) is 4.39 Å². The number of benzene rings is 3. The highest BCUT2D eigenvalue weighted by atomic mass is 35.5. The van der Waals surface area contributed by atoms with Gasteiger partial charge >= 0.3 is 0 Å². The lowest BCUT2D eigenvalue weighted by Gasteiger charge is -2.14. The third kappa shape index (κ3) is 2.17. The van der Waals surface area contributed by atoms with Crippen molar-refractivity contribution in [3.05, 3.63) is 76.6 Å². The van der Waals surface area contributed by atoms with Crippen molar-refractivity contribution in [1.29, 1.82) is 0 Å². The molecule has 3 heteroatoms. The molecule has 1 heterocycles. The van der Waals surface area contributed by atoms with E-state index >= 15 is 0 Å². The molecule has 0 N–H and O–H groups in total. The Kier molecular flexibility index (Phi) is 3.29. The molecule has 0 atom stereocenters. The summed E-state index contributed by atoms with van der Waals surface area (Å²) in [4.78, 5) is 4.94. The van der Waals surface area contributed by atoms with E-state index in [1.54, 1.807) is 12.1 Å². The standard InChI is InChI=1S/C22H15ClFN/c23-18-9-4-10-19(24)20(18)22-16-8-3-7-15(16)17-12-11-13-5-1-2-6-14(13)21(17)25-22/h1-2,4-6,9-12H,3,7-8H2. The SMILES string of the molecule is Fc1cccc(Cl)c1-c1nc2c(ccc3ccccc32)c2c1CCC2. The number of fused-ring (bicyclic) bond motifs is 5. The molecule has 0 fully saturated rings. The van der Waals surface area contributed by atoms with Crippen molar-refractivity contribution in [1.82, 2.24) is 4.98 Å². The first kappa shape index (κ1) is 14.9.